The standard InChI is InChI=1S/C19H23FN4O2/c1-8-5-6-14(25)9(2)15(8)18-17(22)16(19(23)26)13(24-18)7-12(10(3)20)11(4)21/h5-7,10,21,24-25H,22H2,1-4H3,(H2,23,26)/b12-7-,21-11?. The van der Waals surface area contributed by atoms with Crippen molar-refractivity contribution in [1.82, 2.24) is 4.98 Å². The molecule has 1 amide bonds. The number of H-pyrrole nitrogens is 1. The van der Waals surface area contributed by atoms with E-state index in [9.17, 15) is 14.3 Å². The number of rotatable bonds is 5. The van der Waals surface area contributed by atoms with Crippen molar-refractivity contribution in [3.63, 3.8) is 0 Å². The average Bonchev–Trinajstić information content (AvgIpc) is 2.85. The number of amides is 1. The highest BCUT2D eigenvalue weighted by molar-refractivity contribution is 6.07. The minimum atomic E-state index is -1.40. The molecule has 0 spiro atoms. The van der Waals surface area contributed by atoms with Crippen LogP contribution >= 0.6 is 0 Å². The van der Waals surface area contributed by atoms with Crippen LogP contribution in [0.4, 0.5) is 10.1 Å². The lowest BCUT2D eigenvalue weighted by atomic mass is 9.97. The molecule has 2 rings (SSSR count). The number of halogens is 1. The third kappa shape index (κ3) is 3.33. The second kappa shape index (κ2) is 7.03. The Balaban J connectivity index is 2.82. The first kappa shape index (κ1) is 19.2. The smallest absolute Gasteiger partial charge is 0.252 e. The molecular formula is C19H23FN4O2. The molecule has 7 N–H and O–H groups in total. The van der Waals surface area contributed by atoms with Crippen LogP contribution in [0.1, 0.15) is 41.0 Å². The fourth-order valence-corrected chi connectivity index (χ4v) is 3.00. The van der Waals surface area contributed by atoms with Crippen LogP contribution in [0.15, 0.2) is 17.7 Å². The number of allylic oxidation sites excluding steroid dienone is 1. The molecule has 0 fully saturated rings. The zero-order chi connectivity index (χ0) is 19.8. The number of primary amides is 1. The number of aryl methyl sites for hydroxylation is 1. The summed E-state index contributed by atoms with van der Waals surface area (Å²) in [5, 5.41) is 17.7. The summed E-state index contributed by atoms with van der Waals surface area (Å²) in [5.74, 6) is -0.675. The van der Waals surface area contributed by atoms with E-state index in [1.54, 1.807) is 19.1 Å². The topological polar surface area (TPSA) is 129 Å². The van der Waals surface area contributed by atoms with Gasteiger partial charge in [-0.1, -0.05) is 6.07 Å². The Morgan fingerprint density at radius 2 is 2.00 bits per heavy atom. The first-order valence-corrected chi connectivity index (χ1v) is 8.08. The molecule has 0 saturated carbocycles. The van der Waals surface area contributed by atoms with E-state index in [4.69, 9.17) is 16.9 Å². The van der Waals surface area contributed by atoms with Gasteiger partial charge in [0.05, 0.1) is 22.6 Å². The Hall–Kier alpha value is -3.09. The van der Waals surface area contributed by atoms with Gasteiger partial charge in [0.25, 0.3) is 5.91 Å². The number of hydrogen-bond donors (Lipinski definition) is 5. The molecule has 6 nitrogen and oxygen atoms in total. The van der Waals surface area contributed by atoms with Gasteiger partial charge < -0.3 is 27.0 Å². The fourth-order valence-electron chi connectivity index (χ4n) is 3.00. The van der Waals surface area contributed by atoms with Gasteiger partial charge in [-0.05, 0) is 45.4 Å². The number of benzene rings is 1. The molecule has 138 valence electrons. The Morgan fingerprint density at radius 1 is 1.38 bits per heavy atom. The van der Waals surface area contributed by atoms with Gasteiger partial charge in [0.15, 0.2) is 0 Å². The van der Waals surface area contributed by atoms with Crippen LogP contribution in [0, 0.1) is 19.3 Å². The molecule has 1 aromatic carbocycles. The van der Waals surface area contributed by atoms with Crippen LogP contribution in [0.2, 0.25) is 0 Å². The van der Waals surface area contributed by atoms with Crippen molar-refractivity contribution in [2.75, 3.05) is 5.73 Å². The zero-order valence-corrected chi connectivity index (χ0v) is 15.2. The van der Waals surface area contributed by atoms with Gasteiger partial charge in [-0.15, -0.1) is 0 Å². The summed E-state index contributed by atoms with van der Waals surface area (Å²) < 4.78 is 13.8. The Kier molecular flexibility index (Phi) is 5.20. The normalized spacial score (nSPS) is 12.9. The van der Waals surface area contributed by atoms with Gasteiger partial charge >= 0.3 is 0 Å². The number of phenols is 1. The predicted molar refractivity (Wildman–Crippen MR) is 102 cm³/mol. The highest BCUT2D eigenvalue weighted by atomic mass is 19.1. The molecule has 1 unspecified atom stereocenters. The van der Waals surface area contributed by atoms with Crippen molar-refractivity contribution in [2.24, 2.45) is 5.73 Å². The molecule has 26 heavy (non-hydrogen) atoms. The Bertz CT molecular complexity index is 926. The van der Waals surface area contributed by atoms with Crippen LogP contribution in [0.3, 0.4) is 0 Å². The van der Waals surface area contributed by atoms with E-state index in [1.165, 1.54) is 19.9 Å². The molecule has 1 atom stereocenters. The lowest BCUT2D eigenvalue weighted by Gasteiger charge is -2.11. The first-order valence-electron chi connectivity index (χ1n) is 8.08. The number of aromatic hydroxyl groups is 1. The SMILES string of the molecule is CC(=N)/C(=C\c1[nH]c(-c2c(C)ccc(O)c2C)c(N)c1C(N)=O)C(C)F. The Morgan fingerprint density at radius 3 is 2.50 bits per heavy atom. The van der Waals surface area contributed by atoms with E-state index in [0.29, 0.717) is 16.8 Å². The van der Waals surface area contributed by atoms with Crippen molar-refractivity contribution in [3.8, 4) is 17.0 Å². The number of anilines is 1. The molecule has 2 aromatic rings. The number of hydrogen-bond acceptors (Lipinski definition) is 4. The van der Waals surface area contributed by atoms with Gasteiger partial charge in [0.2, 0.25) is 0 Å². The quantitative estimate of drug-likeness (QED) is 0.525. The summed E-state index contributed by atoms with van der Waals surface area (Å²) in [7, 11) is 0. The fraction of sp³-hybridized carbons (Fsp3) is 0.263. The predicted octanol–water partition coefficient (Wildman–Crippen LogP) is 3.47. The summed E-state index contributed by atoms with van der Waals surface area (Å²) in [5.41, 5.74) is 14.7. The van der Waals surface area contributed by atoms with E-state index in [-0.39, 0.29) is 34.0 Å². The summed E-state index contributed by atoms with van der Waals surface area (Å²) in [6, 6.07) is 3.30. The summed E-state index contributed by atoms with van der Waals surface area (Å²) in [4.78, 5) is 15.0. The number of nitrogen functional groups attached to an aromatic ring is 1. The summed E-state index contributed by atoms with van der Waals surface area (Å²) >= 11 is 0. The van der Waals surface area contributed by atoms with Gasteiger partial charge in [-0.3, -0.25) is 4.79 Å². The van der Waals surface area contributed by atoms with Crippen LogP contribution in [0.5, 0.6) is 5.75 Å². The third-order valence-corrected chi connectivity index (χ3v) is 4.37. The maximum absolute atomic E-state index is 13.8. The molecule has 0 bridgehead atoms. The van der Waals surface area contributed by atoms with E-state index in [1.807, 2.05) is 6.92 Å². The van der Waals surface area contributed by atoms with Crippen molar-refractivity contribution in [2.45, 2.75) is 33.9 Å². The highest BCUT2D eigenvalue weighted by Crippen LogP contribution is 2.38. The summed E-state index contributed by atoms with van der Waals surface area (Å²) in [6.45, 7) is 6.35. The van der Waals surface area contributed by atoms with E-state index in [2.05, 4.69) is 4.98 Å². The number of nitrogens with one attached hydrogen (secondary N) is 2. The van der Waals surface area contributed by atoms with E-state index in [0.717, 1.165) is 5.56 Å². The highest BCUT2D eigenvalue weighted by Gasteiger charge is 2.23. The third-order valence-electron chi connectivity index (χ3n) is 4.37. The maximum Gasteiger partial charge on any atom is 0.252 e. The first-order chi connectivity index (χ1) is 12.1. The number of phenolic OH excluding ortho intramolecular Hbond substituents is 1. The molecular weight excluding hydrogens is 335 g/mol. The number of alkyl halides is 1. The van der Waals surface area contributed by atoms with Crippen LogP contribution in [-0.2, 0) is 0 Å². The van der Waals surface area contributed by atoms with Crippen LogP contribution in [-0.4, -0.2) is 27.9 Å². The average molecular weight is 358 g/mol. The largest absolute Gasteiger partial charge is 0.508 e. The number of aromatic amines is 1. The Labute approximate surface area is 151 Å². The maximum atomic E-state index is 13.8. The number of nitrogens with two attached hydrogens (primary N) is 2. The number of carbonyl (C=O) groups excluding carboxylic acids is 1. The molecule has 0 saturated heterocycles. The van der Waals surface area contributed by atoms with Crippen molar-refractivity contribution in [1.29, 1.82) is 5.41 Å². The molecule has 0 aliphatic heterocycles. The number of carbonyl (C=O) groups is 1. The van der Waals surface area contributed by atoms with Crippen molar-refractivity contribution in [3.05, 3.63) is 40.1 Å². The number of aromatic nitrogens is 1. The lowest BCUT2D eigenvalue weighted by molar-refractivity contribution is 0.100. The van der Waals surface area contributed by atoms with E-state index >= 15 is 0 Å². The molecule has 0 radical (unpaired) electrons. The lowest BCUT2D eigenvalue weighted by Crippen LogP contribution is -2.14. The zero-order valence-electron chi connectivity index (χ0n) is 15.2. The summed E-state index contributed by atoms with van der Waals surface area (Å²) in [6.07, 6.45) is -0.0223. The van der Waals surface area contributed by atoms with Gasteiger partial charge in [-0.2, -0.15) is 0 Å². The van der Waals surface area contributed by atoms with Crippen molar-refractivity contribution >= 4 is 23.4 Å². The van der Waals surface area contributed by atoms with Gasteiger partial charge in [-0.25, -0.2) is 4.39 Å². The van der Waals surface area contributed by atoms with E-state index < -0.39 is 12.1 Å². The molecule has 1 aromatic heterocycles. The minimum Gasteiger partial charge on any atom is -0.508 e. The second-order valence-electron chi connectivity index (χ2n) is 6.31. The molecule has 1 heterocycles. The van der Waals surface area contributed by atoms with Crippen LogP contribution in [0.25, 0.3) is 17.3 Å². The van der Waals surface area contributed by atoms with Crippen LogP contribution < -0.4 is 11.5 Å². The van der Waals surface area contributed by atoms with Gasteiger partial charge in [0.1, 0.15) is 11.9 Å². The molecule has 0 aliphatic carbocycles. The monoisotopic (exact) mass is 358 g/mol. The molecule has 0 aliphatic rings. The molecule has 7 heteroatoms. The van der Waals surface area contributed by atoms with Gasteiger partial charge in [0, 0.05) is 22.4 Å². The minimum absolute atomic E-state index is 0.0292. The van der Waals surface area contributed by atoms with Crippen molar-refractivity contribution < 1.29 is 14.3 Å². The second-order valence-corrected chi connectivity index (χ2v) is 6.31.